The van der Waals surface area contributed by atoms with Gasteiger partial charge in [0.1, 0.15) is 0 Å². The molecule has 2 aliphatic carbocycles. The molecule has 21 heavy (non-hydrogen) atoms. The zero-order valence-corrected chi connectivity index (χ0v) is 12.6. The van der Waals surface area contributed by atoms with E-state index >= 15 is 0 Å². The van der Waals surface area contributed by atoms with Crippen molar-refractivity contribution in [2.45, 2.75) is 31.7 Å². The summed E-state index contributed by atoms with van der Waals surface area (Å²) in [5, 5.41) is 0. The number of hydrogen-bond acceptors (Lipinski definition) is 2. The van der Waals surface area contributed by atoms with Gasteiger partial charge < -0.3 is 5.73 Å². The van der Waals surface area contributed by atoms with Crippen molar-refractivity contribution < 1.29 is 8.78 Å². The summed E-state index contributed by atoms with van der Waals surface area (Å²) in [6.07, 6.45) is 5.47. The Labute approximate surface area is 125 Å². The van der Waals surface area contributed by atoms with Gasteiger partial charge in [0.05, 0.1) is 0 Å². The molecule has 2 fully saturated rings. The van der Waals surface area contributed by atoms with Crippen LogP contribution < -0.4 is 5.73 Å². The smallest absolute Gasteiger partial charge is 0.159 e. The van der Waals surface area contributed by atoms with Crippen molar-refractivity contribution in [3.8, 4) is 0 Å². The third-order valence-electron chi connectivity index (χ3n) is 5.49. The molecule has 2 aliphatic rings. The first-order valence-electron chi connectivity index (χ1n) is 7.93. The zero-order valence-electron chi connectivity index (χ0n) is 12.6. The molecule has 0 aromatic heterocycles. The predicted molar refractivity (Wildman–Crippen MR) is 79.7 cm³/mol. The van der Waals surface area contributed by atoms with Gasteiger partial charge in [0, 0.05) is 19.1 Å². The molecule has 116 valence electrons. The molecule has 0 saturated heterocycles. The molecule has 3 rings (SSSR count). The summed E-state index contributed by atoms with van der Waals surface area (Å²) in [4.78, 5) is 2.22. The first-order valence-corrected chi connectivity index (χ1v) is 7.93. The highest BCUT2D eigenvalue weighted by atomic mass is 19.2. The fraction of sp³-hybridized carbons (Fsp3) is 0.647. The SMILES string of the molecule is CN(CC1CC2CCC1C2)C(CN)c1ccc(F)c(F)c1. The maximum atomic E-state index is 13.4. The van der Waals surface area contributed by atoms with Crippen molar-refractivity contribution in [3.05, 3.63) is 35.4 Å². The van der Waals surface area contributed by atoms with Crippen molar-refractivity contribution >= 4 is 0 Å². The van der Waals surface area contributed by atoms with E-state index in [1.165, 1.54) is 37.8 Å². The van der Waals surface area contributed by atoms with E-state index in [1.807, 2.05) is 7.05 Å². The zero-order chi connectivity index (χ0) is 15.0. The molecular formula is C17H24F2N2. The van der Waals surface area contributed by atoms with Gasteiger partial charge in [-0.05, 0) is 61.8 Å². The number of benzene rings is 1. The summed E-state index contributed by atoms with van der Waals surface area (Å²) >= 11 is 0. The van der Waals surface area contributed by atoms with Gasteiger partial charge in [-0.15, -0.1) is 0 Å². The quantitative estimate of drug-likeness (QED) is 0.902. The van der Waals surface area contributed by atoms with Crippen LogP contribution in [0.1, 0.15) is 37.3 Å². The number of likely N-dealkylation sites (N-methyl/N-ethyl adjacent to an activating group) is 1. The third-order valence-corrected chi connectivity index (χ3v) is 5.49. The minimum Gasteiger partial charge on any atom is -0.329 e. The lowest BCUT2D eigenvalue weighted by Gasteiger charge is -2.32. The lowest BCUT2D eigenvalue weighted by Crippen LogP contribution is -2.35. The van der Waals surface area contributed by atoms with E-state index in [0.717, 1.165) is 29.9 Å². The Balaban J connectivity index is 1.68. The number of rotatable bonds is 5. The summed E-state index contributed by atoms with van der Waals surface area (Å²) < 4.78 is 26.5. The van der Waals surface area contributed by atoms with Gasteiger partial charge >= 0.3 is 0 Å². The average molecular weight is 294 g/mol. The minimum absolute atomic E-state index is 0.0424. The molecule has 0 heterocycles. The topological polar surface area (TPSA) is 29.3 Å². The standard InChI is InChI=1S/C17H24F2N2/c1-21(10-14-7-11-2-3-12(14)6-11)17(9-20)13-4-5-15(18)16(19)8-13/h4-5,8,11-12,14,17H,2-3,6-7,9-10,20H2,1H3. The maximum absolute atomic E-state index is 13.4. The number of nitrogens with zero attached hydrogens (tertiary/aromatic N) is 1. The monoisotopic (exact) mass is 294 g/mol. The molecule has 4 atom stereocenters. The maximum Gasteiger partial charge on any atom is 0.159 e. The van der Waals surface area contributed by atoms with E-state index in [1.54, 1.807) is 6.07 Å². The van der Waals surface area contributed by atoms with Crippen LogP contribution in [-0.2, 0) is 0 Å². The van der Waals surface area contributed by atoms with E-state index in [-0.39, 0.29) is 6.04 Å². The molecule has 2 saturated carbocycles. The second-order valence-electron chi connectivity index (χ2n) is 6.80. The lowest BCUT2D eigenvalue weighted by atomic mass is 9.88. The van der Waals surface area contributed by atoms with Crippen molar-refractivity contribution in [1.29, 1.82) is 0 Å². The van der Waals surface area contributed by atoms with Gasteiger partial charge in [-0.1, -0.05) is 12.5 Å². The van der Waals surface area contributed by atoms with Crippen LogP contribution >= 0.6 is 0 Å². The first-order chi connectivity index (χ1) is 10.1. The molecule has 0 amide bonds. The Morgan fingerprint density at radius 2 is 2.05 bits per heavy atom. The molecule has 2 bridgehead atoms. The molecule has 2 nitrogen and oxygen atoms in total. The summed E-state index contributed by atoms with van der Waals surface area (Å²) in [7, 11) is 2.05. The second kappa shape index (κ2) is 6.01. The molecule has 4 heteroatoms. The Bertz CT molecular complexity index is 506. The van der Waals surface area contributed by atoms with E-state index < -0.39 is 11.6 Å². The molecular weight excluding hydrogens is 270 g/mol. The van der Waals surface area contributed by atoms with E-state index in [0.29, 0.717) is 6.54 Å². The number of fused-ring (bicyclic) bond motifs is 2. The van der Waals surface area contributed by atoms with Gasteiger partial charge in [-0.3, -0.25) is 4.90 Å². The molecule has 0 spiro atoms. The fourth-order valence-corrected chi connectivity index (χ4v) is 4.39. The van der Waals surface area contributed by atoms with Crippen LogP contribution in [0.25, 0.3) is 0 Å². The van der Waals surface area contributed by atoms with Crippen LogP contribution in [-0.4, -0.2) is 25.0 Å². The summed E-state index contributed by atoms with van der Waals surface area (Å²) in [5.41, 5.74) is 6.65. The van der Waals surface area contributed by atoms with Gasteiger partial charge in [-0.25, -0.2) is 8.78 Å². The summed E-state index contributed by atoms with van der Waals surface area (Å²) in [5.74, 6) is 0.937. The summed E-state index contributed by atoms with van der Waals surface area (Å²) in [6.45, 7) is 1.42. The van der Waals surface area contributed by atoms with Crippen LogP contribution in [0.15, 0.2) is 18.2 Å². The highest BCUT2D eigenvalue weighted by Gasteiger charge is 2.40. The Kier molecular flexibility index (Phi) is 4.27. The number of halogens is 2. The van der Waals surface area contributed by atoms with Crippen molar-refractivity contribution in [2.75, 3.05) is 20.1 Å². The molecule has 4 unspecified atom stereocenters. The first kappa shape index (κ1) is 14.9. The van der Waals surface area contributed by atoms with Gasteiger partial charge in [0.2, 0.25) is 0 Å². The Hall–Kier alpha value is -1.00. The van der Waals surface area contributed by atoms with Crippen LogP contribution in [0.4, 0.5) is 8.78 Å². The molecule has 1 aromatic carbocycles. The highest BCUT2D eigenvalue weighted by Crippen LogP contribution is 2.48. The molecule has 1 aromatic rings. The lowest BCUT2D eigenvalue weighted by molar-refractivity contribution is 0.175. The minimum atomic E-state index is -0.801. The number of nitrogens with two attached hydrogens (primary N) is 1. The molecule has 0 aliphatic heterocycles. The average Bonchev–Trinajstić information content (AvgIpc) is 3.06. The van der Waals surface area contributed by atoms with Gasteiger partial charge in [0.25, 0.3) is 0 Å². The van der Waals surface area contributed by atoms with Crippen LogP contribution in [0, 0.1) is 29.4 Å². The third kappa shape index (κ3) is 2.97. The predicted octanol–water partition coefficient (Wildman–Crippen LogP) is 3.33. The Morgan fingerprint density at radius 3 is 2.62 bits per heavy atom. The van der Waals surface area contributed by atoms with Crippen molar-refractivity contribution in [1.82, 2.24) is 4.90 Å². The molecule has 2 N–H and O–H groups in total. The normalized spacial score (nSPS) is 29.3. The van der Waals surface area contributed by atoms with Gasteiger partial charge in [-0.2, -0.15) is 0 Å². The van der Waals surface area contributed by atoms with Crippen molar-refractivity contribution in [2.24, 2.45) is 23.5 Å². The van der Waals surface area contributed by atoms with Gasteiger partial charge in [0.15, 0.2) is 11.6 Å². The number of hydrogen-bond donors (Lipinski definition) is 1. The highest BCUT2D eigenvalue weighted by molar-refractivity contribution is 5.21. The van der Waals surface area contributed by atoms with E-state index in [2.05, 4.69) is 4.90 Å². The van der Waals surface area contributed by atoms with E-state index in [4.69, 9.17) is 5.73 Å². The second-order valence-corrected chi connectivity index (χ2v) is 6.80. The fourth-order valence-electron chi connectivity index (χ4n) is 4.39. The van der Waals surface area contributed by atoms with Crippen LogP contribution in [0.3, 0.4) is 0 Å². The van der Waals surface area contributed by atoms with Crippen LogP contribution in [0.2, 0.25) is 0 Å². The van der Waals surface area contributed by atoms with Crippen LogP contribution in [0.5, 0.6) is 0 Å². The van der Waals surface area contributed by atoms with Crippen molar-refractivity contribution in [3.63, 3.8) is 0 Å². The van der Waals surface area contributed by atoms with E-state index in [9.17, 15) is 8.78 Å². The summed E-state index contributed by atoms with van der Waals surface area (Å²) in [6, 6.07) is 4.08. The molecule has 0 radical (unpaired) electrons. The largest absolute Gasteiger partial charge is 0.329 e. The Morgan fingerprint density at radius 1 is 1.24 bits per heavy atom.